The Balaban J connectivity index is 2.77. The Kier molecular flexibility index (Phi) is 6.96. The van der Waals surface area contributed by atoms with E-state index in [1.165, 1.54) is 0 Å². The highest BCUT2D eigenvalue weighted by atomic mass is 79.9. The number of halogens is 2. The zero-order valence-electron chi connectivity index (χ0n) is 11.3. The van der Waals surface area contributed by atoms with Gasteiger partial charge in [-0.1, -0.05) is 39.3 Å². The van der Waals surface area contributed by atoms with Crippen LogP contribution >= 0.6 is 39.3 Å². The summed E-state index contributed by atoms with van der Waals surface area (Å²) in [6.07, 6.45) is 0.921. The molecule has 1 rings (SSSR count). The fraction of sp³-hybridized carbons (Fsp3) is 0.692. The molecule has 0 saturated carbocycles. The Labute approximate surface area is 127 Å². The highest BCUT2D eigenvalue weighted by Gasteiger charge is 2.12. The molecule has 0 N–H and O–H groups in total. The molecule has 2 nitrogen and oxygen atoms in total. The van der Waals surface area contributed by atoms with Gasteiger partial charge in [0.05, 0.1) is 15.9 Å². The highest BCUT2D eigenvalue weighted by Crippen LogP contribution is 2.26. The third-order valence-corrected chi connectivity index (χ3v) is 4.91. The normalized spacial score (nSPS) is 11.6. The van der Waals surface area contributed by atoms with Crippen LogP contribution in [0.2, 0.25) is 5.15 Å². The SMILES string of the molecule is CC(C)CSCc1nc(Cl)c(Br)c(CC(C)C)n1. The number of aromatic nitrogens is 2. The molecular weight excluding hydrogens is 332 g/mol. The van der Waals surface area contributed by atoms with Gasteiger partial charge in [0, 0.05) is 0 Å². The minimum absolute atomic E-state index is 0.529. The van der Waals surface area contributed by atoms with E-state index >= 15 is 0 Å². The predicted octanol–water partition coefficient (Wildman–Crippen LogP) is 4.98. The second kappa shape index (κ2) is 7.71. The average Bonchev–Trinajstić information content (AvgIpc) is 2.24. The Morgan fingerprint density at radius 3 is 2.39 bits per heavy atom. The van der Waals surface area contributed by atoms with Crippen molar-refractivity contribution in [2.45, 2.75) is 39.9 Å². The summed E-state index contributed by atoms with van der Waals surface area (Å²) in [6, 6.07) is 0. The molecule has 0 bridgehead atoms. The molecule has 5 heteroatoms. The van der Waals surface area contributed by atoms with Crippen LogP contribution in [0, 0.1) is 11.8 Å². The molecule has 0 aromatic carbocycles. The summed E-state index contributed by atoms with van der Waals surface area (Å²) < 4.78 is 0.843. The van der Waals surface area contributed by atoms with E-state index in [0.717, 1.165) is 33.9 Å². The monoisotopic (exact) mass is 350 g/mol. The minimum atomic E-state index is 0.529. The maximum atomic E-state index is 6.14. The first kappa shape index (κ1) is 16.3. The van der Waals surface area contributed by atoms with Gasteiger partial charge >= 0.3 is 0 Å². The van der Waals surface area contributed by atoms with Crippen LogP contribution < -0.4 is 0 Å². The molecule has 0 unspecified atom stereocenters. The van der Waals surface area contributed by atoms with Gasteiger partial charge in [-0.25, -0.2) is 9.97 Å². The topological polar surface area (TPSA) is 25.8 Å². The van der Waals surface area contributed by atoms with Crippen LogP contribution in [0.15, 0.2) is 4.47 Å². The minimum Gasteiger partial charge on any atom is -0.236 e. The molecule has 0 aliphatic carbocycles. The largest absolute Gasteiger partial charge is 0.236 e. The quantitative estimate of drug-likeness (QED) is 0.676. The van der Waals surface area contributed by atoms with Crippen LogP contribution in [0.1, 0.15) is 39.2 Å². The lowest BCUT2D eigenvalue weighted by atomic mass is 10.1. The van der Waals surface area contributed by atoms with Crippen LogP contribution in [-0.2, 0) is 12.2 Å². The average molecular weight is 352 g/mol. The molecular formula is C13H20BrClN2S. The Morgan fingerprint density at radius 2 is 1.83 bits per heavy atom. The molecule has 1 heterocycles. The van der Waals surface area contributed by atoms with E-state index < -0.39 is 0 Å². The van der Waals surface area contributed by atoms with Crippen molar-refractivity contribution in [2.24, 2.45) is 11.8 Å². The summed E-state index contributed by atoms with van der Waals surface area (Å²) in [4.78, 5) is 8.93. The third-order valence-electron chi connectivity index (χ3n) is 2.21. The maximum Gasteiger partial charge on any atom is 0.147 e. The van der Waals surface area contributed by atoms with E-state index in [9.17, 15) is 0 Å². The lowest BCUT2D eigenvalue weighted by Crippen LogP contribution is -2.05. The standard InChI is InChI=1S/C13H20BrClN2S/c1-8(2)5-10-12(14)13(15)17-11(16-10)7-18-6-9(3)4/h8-9H,5-7H2,1-4H3. The van der Waals surface area contributed by atoms with Gasteiger partial charge in [0.25, 0.3) is 0 Å². The van der Waals surface area contributed by atoms with Crippen molar-refractivity contribution in [1.29, 1.82) is 0 Å². The third kappa shape index (κ3) is 5.45. The van der Waals surface area contributed by atoms with Gasteiger partial charge in [0.15, 0.2) is 0 Å². The lowest BCUT2D eigenvalue weighted by molar-refractivity contribution is 0.629. The second-order valence-electron chi connectivity index (χ2n) is 5.20. The lowest BCUT2D eigenvalue weighted by Gasteiger charge is -2.10. The summed E-state index contributed by atoms with van der Waals surface area (Å²) in [5.74, 6) is 4.04. The number of hydrogen-bond donors (Lipinski definition) is 0. The van der Waals surface area contributed by atoms with Crippen molar-refractivity contribution in [1.82, 2.24) is 9.97 Å². The smallest absolute Gasteiger partial charge is 0.147 e. The van der Waals surface area contributed by atoms with Crippen LogP contribution in [-0.4, -0.2) is 15.7 Å². The fourth-order valence-electron chi connectivity index (χ4n) is 1.48. The van der Waals surface area contributed by atoms with Crippen LogP contribution in [0.3, 0.4) is 0 Å². The van der Waals surface area contributed by atoms with Crippen LogP contribution in [0.5, 0.6) is 0 Å². The summed E-state index contributed by atoms with van der Waals surface area (Å²) >= 11 is 11.5. The van der Waals surface area contributed by atoms with Gasteiger partial charge in [0.1, 0.15) is 11.0 Å². The van der Waals surface area contributed by atoms with E-state index in [1.807, 2.05) is 11.8 Å². The molecule has 0 spiro atoms. The van der Waals surface area contributed by atoms with E-state index in [-0.39, 0.29) is 0 Å². The first-order valence-electron chi connectivity index (χ1n) is 6.18. The molecule has 1 aromatic heterocycles. The Hall–Kier alpha value is 0.200. The van der Waals surface area contributed by atoms with E-state index in [4.69, 9.17) is 11.6 Å². The first-order valence-corrected chi connectivity index (χ1v) is 8.51. The van der Waals surface area contributed by atoms with E-state index in [2.05, 4.69) is 53.6 Å². The summed E-state index contributed by atoms with van der Waals surface area (Å²) in [7, 11) is 0. The molecule has 0 radical (unpaired) electrons. The van der Waals surface area contributed by atoms with Crippen molar-refractivity contribution in [3.05, 3.63) is 21.1 Å². The van der Waals surface area contributed by atoms with Crippen LogP contribution in [0.25, 0.3) is 0 Å². The highest BCUT2D eigenvalue weighted by molar-refractivity contribution is 9.10. The summed E-state index contributed by atoms with van der Waals surface area (Å²) in [5, 5.41) is 0.529. The van der Waals surface area contributed by atoms with Gasteiger partial charge in [0.2, 0.25) is 0 Å². The molecule has 0 aliphatic heterocycles. The Bertz CT molecular complexity index is 397. The number of thioether (sulfide) groups is 1. The molecule has 0 fully saturated rings. The molecule has 1 aromatic rings. The van der Waals surface area contributed by atoms with Gasteiger partial charge < -0.3 is 0 Å². The fourth-order valence-corrected chi connectivity index (χ4v) is 2.93. The van der Waals surface area contributed by atoms with Crippen LogP contribution in [0.4, 0.5) is 0 Å². The van der Waals surface area contributed by atoms with Crippen molar-refractivity contribution in [3.63, 3.8) is 0 Å². The van der Waals surface area contributed by atoms with Gasteiger partial charge in [-0.2, -0.15) is 11.8 Å². The number of rotatable bonds is 6. The summed E-state index contributed by atoms with van der Waals surface area (Å²) in [5.41, 5.74) is 1.02. The first-order chi connectivity index (χ1) is 8.40. The van der Waals surface area contributed by atoms with Gasteiger partial charge in [-0.15, -0.1) is 0 Å². The molecule has 0 aliphatic rings. The van der Waals surface area contributed by atoms with Crippen molar-refractivity contribution in [2.75, 3.05) is 5.75 Å². The van der Waals surface area contributed by atoms with E-state index in [1.54, 1.807) is 0 Å². The zero-order chi connectivity index (χ0) is 13.7. The van der Waals surface area contributed by atoms with Gasteiger partial charge in [-0.05, 0) is 39.9 Å². The molecule has 0 amide bonds. The van der Waals surface area contributed by atoms with Crippen molar-refractivity contribution < 1.29 is 0 Å². The predicted molar refractivity (Wildman–Crippen MR) is 84.3 cm³/mol. The summed E-state index contributed by atoms with van der Waals surface area (Å²) in [6.45, 7) is 8.78. The van der Waals surface area contributed by atoms with Gasteiger partial charge in [-0.3, -0.25) is 0 Å². The molecule has 18 heavy (non-hydrogen) atoms. The number of hydrogen-bond acceptors (Lipinski definition) is 3. The number of nitrogens with zero attached hydrogens (tertiary/aromatic N) is 2. The van der Waals surface area contributed by atoms with Crippen molar-refractivity contribution >= 4 is 39.3 Å². The maximum absolute atomic E-state index is 6.14. The second-order valence-corrected chi connectivity index (χ2v) is 7.38. The molecule has 0 atom stereocenters. The molecule has 102 valence electrons. The van der Waals surface area contributed by atoms with E-state index in [0.29, 0.717) is 17.0 Å². The zero-order valence-corrected chi connectivity index (χ0v) is 14.5. The Morgan fingerprint density at radius 1 is 1.17 bits per heavy atom. The molecule has 0 saturated heterocycles. The van der Waals surface area contributed by atoms with Crippen molar-refractivity contribution in [3.8, 4) is 0 Å².